The molecule has 8 heteroatoms. The number of rotatable bonds is 3. The Bertz CT molecular complexity index is 657. The molecule has 0 radical (unpaired) electrons. The van der Waals surface area contributed by atoms with Crippen molar-refractivity contribution < 1.29 is 13.2 Å². The first-order valence-electron chi connectivity index (χ1n) is 5.95. The van der Waals surface area contributed by atoms with E-state index in [0.29, 0.717) is 5.82 Å². The van der Waals surface area contributed by atoms with E-state index in [1.54, 1.807) is 4.57 Å². The van der Waals surface area contributed by atoms with Crippen molar-refractivity contribution >= 4 is 0 Å². The maximum Gasteiger partial charge on any atom is 0.421 e. The van der Waals surface area contributed by atoms with Gasteiger partial charge in [-0.05, 0) is 26.0 Å². The minimum atomic E-state index is -4.66. The molecule has 2 aromatic heterocycles. The molecule has 0 bridgehead atoms. The van der Waals surface area contributed by atoms with Crippen LogP contribution in [0.4, 0.5) is 13.2 Å². The molecular weight excluding hydrogens is 273 g/mol. The first-order chi connectivity index (χ1) is 9.30. The van der Waals surface area contributed by atoms with E-state index in [4.69, 9.17) is 0 Å². The molecule has 108 valence electrons. The van der Waals surface area contributed by atoms with Crippen LogP contribution in [-0.2, 0) is 12.7 Å². The van der Waals surface area contributed by atoms with Crippen molar-refractivity contribution in [3.05, 3.63) is 46.4 Å². The van der Waals surface area contributed by atoms with E-state index in [9.17, 15) is 18.0 Å². The third kappa shape index (κ3) is 2.73. The molecule has 0 N–H and O–H groups in total. The molecule has 0 saturated carbocycles. The summed E-state index contributed by atoms with van der Waals surface area (Å²) in [6.07, 6.45) is -1.87. The van der Waals surface area contributed by atoms with Gasteiger partial charge in [-0.2, -0.15) is 13.2 Å². The third-order valence-electron chi connectivity index (χ3n) is 2.84. The molecule has 0 aliphatic rings. The van der Waals surface area contributed by atoms with E-state index in [1.807, 2.05) is 13.8 Å². The van der Waals surface area contributed by atoms with E-state index < -0.39 is 17.3 Å². The Morgan fingerprint density at radius 1 is 1.35 bits per heavy atom. The van der Waals surface area contributed by atoms with Crippen LogP contribution in [0, 0.1) is 0 Å². The quantitative estimate of drug-likeness (QED) is 0.868. The summed E-state index contributed by atoms with van der Waals surface area (Å²) in [4.78, 5) is 11.8. The molecule has 5 nitrogen and oxygen atoms in total. The summed E-state index contributed by atoms with van der Waals surface area (Å²) in [6, 6.07) is 2.02. The Hall–Kier alpha value is -2.12. The largest absolute Gasteiger partial charge is 0.421 e. The van der Waals surface area contributed by atoms with Crippen molar-refractivity contribution in [1.82, 2.24) is 19.3 Å². The number of hydrogen-bond donors (Lipinski definition) is 0. The van der Waals surface area contributed by atoms with Gasteiger partial charge in [-0.15, -0.1) is 10.2 Å². The fourth-order valence-corrected chi connectivity index (χ4v) is 1.84. The van der Waals surface area contributed by atoms with Gasteiger partial charge in [0.25, 0.3) is 5.56 Å². The molecule has 0 aliphatic heterocycles. The monoisotopic (exact) mass is 286 g/mol. The summed E-state index contributed by atoms with van der Waals surface area (Å²) in [5, 5.41) is 7.55. The third-order valence-corrected chi connectivity index (χ3v) is 2.84. The van der Waals surface area contributed by atoms with Crippen molar-refractivity contribution in [3.63, 3.8) is 0 Å². The minimum Gasteiger partial charge on any atom is -0.314 e. The van der Waals surface area contributed by atoms with E-state index >= 15 is 0 Å². The van der Waals surface area contributed by atoms with Crippen molar-refractivity contribution in [1.29, 1.82) is 0 Å². The molecule has 0 amide bonds. The van der Waals surface area contributed by atoms with Gasteiger partial charge in [-0.3, -0.25) is 4.79 Å². The highest BCUT2D eigenvalue weighted by atomic mass is 19.4. The SMILES string of the molecule is CC(C)n1cnnc1Cn1cccc(C(F)(F)F)c1=O. The maximum atomic E-state index is 12.7. The summed E-state index contributed by atoms with van der Waals surface area (Å²) >= 11 is 0. The topological polar surface area (TPSA) is 52.7 Å². The van der Waals surface area contributed by atoms with Gasteiger partial charge in [0.15, 0.2) is 5.82 Å². The van der Waals surface area contributed by atoms with E-state index in [-0.39, 0.29) is 12.6 Å². The highest BCUT2D eigenvalue weighted by Gasteiger charge is 2.34. The summed E-state index contributed by atoms with van der Waals surface area (Å²) in [5.74, 6) is 0.432. The lowest BCUT2D eigenvalue weighted by atomic mass is 10.2. The molecule has 0 aromatic carbocycles. The zero-order chi connectivity index (χ0) is 14.9. The average molecular weight is 286 g/mol. The number of halogens is 3. The lowest BCUT2D eigenvalue weighted by molar-refractivity contribution is -0.138. The summed E-state index contributed by atoms with van der Waals surface area (Å²) in [6.45, 7) is 3.73. The van der Waals surface area contributed by atoms with Crippen LogP contribution in [0.1, 0.15) is 31.3 Å². The molecule has 0 aliphatic carbocycles. The van der Waals surface area contributed by atoms with Crippen LogP contribution < -0.4 is 5.56 Å². The first kappa shape index (κ1) is 14.3. The smallest absolute Gasteiger partial charge is 0.314 e. The van der Waals surface area contributed by atoms with Crippen LogP contribution in [0.25, 0.3) is 0 Å². The van der Waals surface area contributed by atoms with Crippen LogP contribution in [-0.4, -0.2) is 19.3 Å². The van der Waals surface area contributed by atoms with Gasteiger partial charge in [0.1, 0.15) is 11.9 Å². The molecule has 2 rings (SSSR count). The van der Waals surface area contributed by atoms with Gasteiger partial charge in [0.2, 0.25) is 0 Å². The summed E-state index contributed by atoms with van der Waals surface area (Å²) in [5.41, 5.74) is -2.27. The molecular formula is C12H13F3N4O. The maximum absolute atomic E-state index is 12.7. The van der Waals surface area contributed by atoms with Crippen LogP contribution in [0.3, 0.4) is 0 Å². The highest BCUT2D eigenvalue weighted by molar-refractivity contribution is 5.14. The second-order valence-corrected chi connectivity index (χ2v) is 4.60. The predicted molar refractivity (Wildman–Crippen MR) is 65.2 cm³/mol. The van der Waals surface area contributed by atoms with Gasteiger partial charge in [0, 0.05) is 12.2 Å². The van der Waals surface area contributed by atoms with Crippen molar-refractivity contribution in [2.75, 3.05) is 0 Å². The zero-order valence-electron chi connectivity index (χ0n) is 10.9. The molecule has 0 unspecified atom stereocenters. The normalized spacial score (nSPS) is 12.1. The second kappa shape index (κ2) is 5.10. The van der Waals surface area contributed by atoms with Gasteiger partial charge < -0.3 is 9.13 Å². The van der Waals surface area contributed by atoms with Gasteiger partial charge in [-0.1, -0.05) is 0 Å². The number of pyridine rings is 1. The molecule has 0 saturated heterocycles. The molecule has 0 spiro atoms. The number of hydrogen-bond acceptors (Lipinski definition) is 3. The standard InChI is InChI=1S/C12H13F3N4O/c1-8(2)19-7-16-17-10(19)6-18-5-3-4-9(11(18)20)12(13,14)15/h3-5,7-8H,6H2,1-2H3. The number of nitrogens with zero attached hydrogens (tertiary/aromatic N) is 4. The van der Waals surface area contributed by atoms with Crippen LogP contribution in [0.5, 0.6) is 0 Å². The Morgan fingerprint density at radius 2 is 2.05 bits per heavy atom. The second-order valence-electron chi connectivity index (χ2n) is 4.60. The van der Waals surface area contributed by atoms with E-state index in [0.717, 1.165) is 10.6 Å². The molecule has 20 heavy (non-hydrogen) atoms. The predicted octanol–water partition coefficient (Wildman–Crippen LogP) is 2.09. The lowest BCUT2D eigenvalue weighted by Gasteiger charge is -2.12. The summed E-state index contributed by atoms with van der Waals surface area (Å²) < 4.78 is 40.7. The molecule has 2 aromatic rings. The molecule has 0 fully saturated rings. The Labute approximate surface area is 112 Å². The van der Waals surface area contributed by atoms with Crippen LogP contribution in [0.15, 0.2) is 29.5 Å². The fraction of sp³-hybridized carbons (Fsp3) is 0.417. The molecule has 0 atom stereocenters. The number of alkyl halides is 3. The minimum absolute atomic E-state index is 0.0546. The van der Waals surface area contributed by atoms with Crippen molar-refractivity contribution in [3.8, 4) is 0 Å². The molecule has 2 heterocycles. The van der Waals surface area contributed by atoms with Crippen LogP contribution >= 0.6 is 0 Å². The Kier molecular flexibility index (Phi) is 3.65. The van der Waals surface area contributed by atoms with Gasteiger partial charge in [0.05, 0.1) is 6.54 Å². The highest BCUT2D eigenvalue weighted by Crippen LogP contribution is 2.26. The van der Waals surface area contributed by atoms with Crippen molar-refractivity contribution in [2.45, 2.75) is 32.6 Å². The average Bonchev–Trinajstić information content (AvgIpc) is 2.78. The lowest BCUT2D eigenvalue weighted by Crippen LogP contribution is -2.29. The van der Waals surface area contributed by atoms with E-state index in [2.05, 4.69) is 10.2 Å². The van der Waals surface area contributed by atoms with Crippen LogP contribution in [0.2, 0.25) is 0 Å². The zero-order valence-corrected chi connectivity index (χ0v) is 10.9. The Morgan fingerprint density at radius 3 is 2.65 bits per heavy atom. The van der Waals surface area contributed by atoms with Gasteiger partial charge in [-0.25, -0.2) is 0 Å². The summed E-state index contributed by atoms with van der Waals surface area (Å²) in [7, 11) is 0. The van der Waals surface area contributed by atoms with E-state index in [1.165, 1.54) is 18.6 Å². The van der Waals surface area contributed by atoms with Crippen molar-refractivity contribution in [2.24, 2.45) is 0 Å². The number of aromatic nitrogens is 4. The Balaban J connectivity index is 2.40. The van der Waals surface area contributed by atoms with Gasteiger partial charge >= 0.3 is 6.18 Å². The fourth-order valence-electron chi connectivity index (χ4n) is 1.84. The first-order valence-corrected chi connectivity index (χ1v) is 5.95.